The van der Waals surface area contributed by atoms with Crippen LogP contribution in [0.2, 0.25) is 0 Å². The molecular weight excluding hydrogens is 211 g/mol. The Labute approximate surface area is 88.5 Å². The molecule has 0 aliphatic rings. The summed E-state index contributed by atoms with van der Waals surface area (Å²) in [6.45, 7) is 12.8. The van der Waals surface area contributed by atoms with Gasteiger partial charge in [0.05, 0.1) is 4.49 Å². The van der Waals surface area contributed by atoms with Crippen LogP contribution in [-0.4, -0.2) is 11.1 Å². The first-order chi connectivity index (χ1) is 5.92. The van der Waals surface area contributed by atoms with Gasteiger partial charge in [0.1, 0.15) is 0 Å². The number of aliphatic carboxylic acids is 1. The van der Waals surface area contributed by atoms with E-state index in [-0.39, 0.29) is 4.49 Å². The van der Waals surface area contributed by atoms with E-state index in [9.17, 15) is 4.79 Å². The summed E-state index contributed by atoms with van der Waals surface area (Å²) in [4.78, 5) is 9.25. The normalized spacial score (nSPS) is 6.00. The number of carbonyl (C=O) groups is 1. The Morgan fingerprint density at radius 2 is 1.31 bits per heavy atom. The lowest BCUT2D eigenvalue weighted by Crippen LogP contribution is -1.82. The molecule has 0 aromatic heterocycles. The van der Waals surface area contributed by atoms with Gasteiger partial charge in [-0.2, -0.15) is 0 Å². The fourth-order valence-electron chi connectivity index (χ4n) is 0. The van der Waals surface area contributed by atoms with E-state index < -0.39 is 5.97 Å². The molecule has 0 aromatic rings. The largest absolute Gasteiger partial charge is 0.478 e. The number of carboxylic acids is 1. The summed E-state index contributed by atoms with van der Waals surface area (Å²) < 4.78 is 0.111. The van der Waals surface area contributed by atoms with Gasteiger partial charge in [0.25, 0.3) is 0 Å². The number of hydrogen-bond acceptors (Lipinski definition) is 1. The monoisotopic (exact) mass is 222 g/mol. The molecule has 0 bridgehead atoms. The van der Waals surface area contributed by atoms with Crippen LogP contribution in [0.4, 0.5) is 0 Å². The van der Waals surface area contributed by atoms with Gasteiger partial charge in [0.15, 0.2) is 0 Å². The predicted molar refractivity (Wildman–Crippen MR) is 59.1 cm³/mol. The van der Waals surface area contributed by atoms with Gasteiger partial charge in [-0.15, -0.1) is 0 Å². The smallest absolute Gasteiger partial charge is 0.327 e. The van der Waals surface area contributed by atoms with Crippen LogP contribution < -0.4 is 0 Å². The minimum Gasteiger partial charge on any atom is -0.478 e. The van der Waals surface area contributed by atoms with Crippen molar-refractivity contribution < 1.29 is 9.90 Å². The Morgan fingerprint density at radius 3 is 1.31 bits per heavy atom. The molecular formula is C9H12Cl2O2. The zero-order valence-electron chi connectivity index (χ0n) is 7.17. The highest BCUT2D eigenvalue weighted by molar-refractivity contribution is 6.55. The number of allylic oxidation sites excluding steroid dienone is 2. The van der Waals surface area contributed by atoms with E-state index in [0.29, 0.717) is 0 Å². The molecule has 0 aliphatic carbocycles. The van der Waals surface area contributed by atoms with Gasteiger partial charge in [-0.3, -0.25) is 0 Å². The first-order valence-corrected chi connectivity index (χ1v) is 3.76. The van der Waals surface area contributed by atoms with Crippen LogP contribution in [0, 0.1) is 0 Å². The second kappa shape index (κ2) is 17.2. The van der Waals surface area contributed by atoms with Crippen molar-refractivity contribution >= 4 is 29.2 Å². The Bertz CT molecular complexity index is 176. The van der Waals surface area contributed by atoms with E-state index in [1.807, 2.05) is 0 Å². The Kier molecular flexibility index (Phi) is 23.7. The Balaban J connectivity index is -0.000000117. The highest BCUT2D eigenvalue weighted by Crippen LogP contribution is 1.98. The fraction of sp³-hybridized carbons (Fsp3) is 0. The number of rotatable bonds is 2. The second-order valence-electron chi connectivity index (χ2n) is 1.35. The topological polar surface area (TPSA) is 37.3 Å². The summed E-state index contributed by atoms with van der Waals surface area (Å²) >= 11 is 9.69. The molecule has 0 aliphatic heterocycles. The zero-order chi connectivity index (χ0) is 11.3. The van der Waals surface area contributed by atoms with E-state index in [2.05, 4.69) is 26.3 Å². The molecule has 0 fully saturated rings. The average Bonchev–Trinajstić information content (AvgIpc) is 2.04. The minimum atomic E-state index is -0.981. The lowest BCUT2D eigenvalue weighted by molar-refractivity contribution is -0.131. The highest BCUT2D eigenvalue weighted by atomic mass is 35.5. The van der Waals surface area contributed by atoms with E-state index >= 15 is 0 Å². The molecule has 74 valence electrons. The van der Waals surface area contributed by atoms with Gasteiger partial charge >= 0.3 is 5.97 Å². The molecule has 4 heteroatoms. The molecule has 0 radical (unpaired) electrons. The van der Waals surface area contributed by atoms with Gasteiger partial charge in [-0.25, -0.2) is 4.79 Å². The molecule has 0 atom stereocenters. The SMILES string of the molecule is C=C(Cl)Cl.C=CC(=O)O.C=CC=C. The summed E-state index contributed by atoms with van der Waals surface area (Å²) in [6.07, 6.45) is 4.11. The summed E-state index contributed by atoms with van der Waals surface area (Å²) in [5.74, 6) is -0.981. The number of halogens is 2. The maximum absolute atomic E-state index is 9.25. The van der Waals surface area contributed by atoms with Gasteiger partial charge in [-0.05, 0) is 0 Å². The van der Waals surface area contributed by atoms with E-state index in [4.69, 9.17) is 28.3 Å². The lowest BCUT2D eigenvalue weighted by Gasteiger charge is -1.64. The van der Waals surface area contributed by atoms with Crippen LogP contribution >= 0.6 is 23.2 Å². The van der Waals surface area contributed by atoms with E-state index in [0.717, 1.165) is 6.08 Å². The summed E-state index contributed by atoms with van der Waals surface area (Å²) in [7, 11) is 0. The summed E-state index contributed by atoms with van der Waals surface area (Å²) in [6, 6.07) is 0. The molecule has 0 heterocycles. The van der Waals surface area contributed by atoms with Gasteiger partial charge in [-0.1, -0.05) is 61.7 Å². The third kappa shape index (κ3) is 221. The van der Waals surface area contributed by atoms with Crippen molar-refractivity contribution in [3.8, 4) is 0 Å². The second-order valence-corrected chi connectivity index (χ2v) is 2.46. The van der Waals surface area contributed by atoms with Gasteiger partial charge < -0.3 is 5.11 Å². The van der Waals surface area contributed by atoms with Crippen molar-refractivity contribution in [2.24, 2.45) is 0 Å². The molecule has 0 unspecified atom stereocenters. The fourth-order valence-corrected chi connectivity index (χ4v) is 0. The number of carboxylic acid groups (broad SMARTS) is 1. The molecule has 0 rings (SSSR count). The van der Waals surface area contributed by atoms with Crippen LogP contribution in [-0.2, 0) is 4.79 Å². The first kappa shape index (κ1) is 17.9. The quantitative estimate of drug-likeness (QED) is 0.574. The van der Waals surface area contributed by atoms with Crippen LogP contribution in [0.3, 0.4) is 0 Å². The third-order valence-electron chi connectivity index (χ3n) is 0.341. The maximum Gasteiger partial charge on any atom is 0.327 e. The van der Waals surface area contributed by atoms with Gasteiger partial charge in [0, 0.05) is 6.08 Å². The van der Waals surface area contributed by atoms with Crippen LogP contribution in [0.5, 0.6) is 0 Å². The van der Waals surface area contributed by atoms with Crippen molar-refractivity contribution in [3.05, 3.63) is 49.0 Å². The predicted octanol–water partition coefficient (Wildman–Crippen LogP) is 3.55. The van der Waals surface area contributed by atoms with Crippen molar-refractivity contribution in [2.45, 2.75) is 0 Å². The average molecular weight is 223 g/mol. The number of hydrogen-bond donors (Lipinski definition) is 1. The maximum atomic E-state index is 9.25. The molecule has 0 amide bonds. The molecule has 13 heavy (non-hydrogen) atoms. The molecule has 0 aromatic carbocycles. The van der Waals surface area contributed by atoms with Crippen molar-refractivity contribution in [1.29, 1.82) is 0 Å². The Morgan fingerprint density at radius 1 is 1.15 bits per heavy atom. The van der Waals surface area contributed by atoms with Crippen molar-refractivity contribution in [3.63, 3.8) is 0 Å². The summed E-state index contributed by atoms with van der Waals surface area (Å²) in [5, 5.41) is 7.60. The van der Waals surface area contributed by atoms with Crippen LogP contribution in [0.1, 0.15) is 0 Å². The molecule has 1 N–H and O–H groups in total. The van der Waals surface area contributed by atoms with Crippen molar-refractivity contribution in [2.75, 3.05) is 0 Å². The standard InChI is InChI=1S/C4H6.C3H4O2.C2H2Cl2/c1-3-4-2;1-2-3(4)5;1-2(3)4/h3-4H,1-2H2;2H,1H2,(H,4,5);1H2. The Hall–Kier alpha value is -0.990. The molecule has 0 spiro atoms. The summed E-state index contributed by atoms with van der Waals surface area (Å²) in [5.41, 5.74) is 0. The molecule has 0 saturated carbocycles. The minimum absolute atomic E-state index is 0.111. The zero-order valence-corrected chi connectivity index (χ0v) is 8.68. The van der Waals surface area contributed by atoms with Gasteiger partial charge in [0.2, 0.25) is 0 Å². The lowest BCUT2D eigenvalue weighted by atomic mass is 10.6. The highest BCUT2D eigenvalue weighted by Gasteiger charge is 1.73. The van der Waals surface area contributed by atoms with Crippen LogP contribution in [0.15, 0.2) is 49.0 Å². The van der Waals surface area contributed by atoms with Crippen molar-refractivity contribution in [1.82, 2.24) is 0 Å². The molecule has 0 saturated heterocycles. The third-order valence-corrected chi connectivity index (χ3v) is 0.341. The van der Waals surface area contributed by atoms with Crippen LogP contribution in [0.25, 0.3) is 0 Å². The first-order valence-electron chi connectivity index (χ1n) is 3.01. The van der Waals surface area contributed by atoms with E-state index in [1.54, 1.807) is 12.2 Å². The van der Waals surface area contributed by atoms with E-state index in [1.165, 1.54) is 0 Å². The molecule has 2 nitrogen and oxygen atoms in total.